The van der Waals surface area contributed by atoms with Gasteiger partial charge in [-0.05, 0) is 48.3 Å². The number of aryl methyl sites for hydroxylation is 1. The van der Waals surface area contributed by atoms with E-state index in [4.69, 9.17) is 0 Å². The number of benzene rings is 2. The second-order valence-corrected chi connectivity index (χ2v) is 8.84. The summed E-state index contributed by atoms with van der Waals surface area (Å²) in [6.45, 7) is 2.39. The third-order valence-electron chi connectivity index (χ3n) is 7.28. The van der Waals surface area contributed by atoms with Crippen molar-refractivity contribution in [1.29, 1.82) is 0 Å². The number of fused-ring (bicyclic) bond motifs is 6. The van der Waals surface area contributed by atoms with E-state index in [-0.39, 0.29) is 6.17 Å². The van der Waals surface area contributed by atoms with Crippen molar-refractivity contribution in [2.24, 2.45) is 11.8 Å². The highest BCUT2D eigenvalue weighted by Gasteiger charge is 2.31. The van der Waals surface area contributed by atoms with Gasteiger partial charge in [-0.25, -0.2) is 0 Å². The first kappa shape index (κ1) is 17.8. The number of para-hydroxylation sites is 1. The lowest BCUT2D eigenvalue weighted by Gasteiger charge is -2.34. The van der Waals surface area contributed by atoms with Crippen LogP contribution in [0.4, 0.5) is 5.69 Å². The third kappa shape index (κ3) is 3.13. The Bertz CT molecular complexity index is 868. The Hall–Kier alpha value is -2.22. The van der Waals surface area contributed by atoms with Gasteiger partial charge in [0.15, 0.2) is 0 Å². The SMILES string of the molecule is CCC1CCCCC1CCCc1ccc2c(c1)C1NC=CN1c1ccccc1-2. The maximum Gasteiger partial charge on any atom is 0.130 e. The number of hydrogen-bond acceptors (Lipinski definition) is 2. The Morgan fingerprint density at radius 1 is 1.00 bits per heavy atom. The molecular formula is C26H32N2. The highest BCUT2D eigenvalue weighted by molar-refractivity contribution is 5.86. The zero-order valence-corrected chi connectivity index (χ0v) is 17.0. The maximum absolute atomic E-state index is 3.55. The fourth-order valence-electron chi connectivity index (χ4n) is 5.78. The fraction of sp³-hybridized carbons (Fsp3) is 0.462. The van der Waals surface area contributed by atoms with Crippen LogP contribution in [-0.2, 0) is 6.42 Å². The molecule has 2 nitrogen and oxygen atoms in total. The third-order valence-corrected chi connectivity index (χ3v) is 7.28. The summed E-state index contributed by atoms with van der Waals surface area (Å²) in [6, 6.07) is 16.0. The van der Waals surface area contributed by atoms with Crippen LogP contribution in [0.1, 0.15) is 69.2 Å². The molecule has 2 aromatic carbocycles. The van der Waals surface area contributed by atoms with Crippen LogP contribution in [0.3, 0.4) is 0 Å². The molecule has 2 aliphatic heterocycles. The Balaban J connectivity index is 1.33. The van der Waals surface area contributed by atoms with Crippen LogP contribution in [0.5, 0.6) is 0 Å². The molecule has 3 atom stereocenters. The van der Waals surface area contributed by atoms with E-state index >= 15 is 0 Å². The zero-order chi connectivity index (χ0) is 18.9. The molecule has 0 amide bonds. The summed E-state index contributed by atoms with van der Waals surface area (Å²) in [6.07, 6.45) is 15.7. The molecule has 28 heavy (non-hydrogen) atoms. The Kier molecular flexibility index (Phi) is 4.88. The predicted molar refractivity (Wildman–Crippen MR) is 118 cm³/mol. The molecule has 3 aliphatic rings. The first-order valence-corrected chi connectivity index (χ1v) is 11.3. The molecule has 0 spiro atoms. The van der Waals surface area contributed by atoms with E-state index in [9.17, 15) is 0 Å². The van der Waals surface area contributed by atoms with Gasteiger partial charge in [0.2, 0.25) is 0 Å². The molecule has 2 heteroatoms. The van der Waals surface area contributed by atoms with Gasteiger partial charge >= 0.3 is 0 Å². The van der Waals surface area contributed by atoms with Crippen molar-refractivity contribution in [3.05, 3.63) is 66.0 Å². The van der Waals surface area contributed by atoms with Crippen molar-refractivity contribution in [2.45, 2.75) is 64.5 Å². The van der Waals surface area contributed by atoms with Crippen molar-refractivity contribution >= 4 is 5.69 Å². The van der Waals surface area contributed by atoms with Crippen LogP contribution in [0, 0.1) is 11.8 Å². The van der Waals surface area contributed by atoms with E-state index in [1.165, 1.54) is 79.3 Å². The average Bonchev–Trinajstić information content (AvgIpc) is 3.25. The summed E-state index contributed by atoms with van der Waals surface area (Å²) in [7, 11) is 0. The summed E-state index contributed by atoms with van der Waals surface area (Å²) in [4.78, 5) is 2.37. The minimum atomic E-state index is 0.243. The maximum atomic E-state index is 3.55. The van der Waals surface area contributed by atoms with Crippen molar-refractivity contribution in [2.75, 3.05) is 4.90 Å². The van der Waals surface area contributed by atoms with Crippen molar-refractivity contribution in [3.63, 3.8) is 0 Å². The summed E-state index contributed by atoms with van der Waals surface area (Å²) < 4.78 is 0. The van der Waals surface area contributed by atoms with E-state index in [1.54, 1.807) is 0 Å². The molecule has 1 fully saturated rings. The molecular weight excluding hydrogens is 340 g/mol. The lowest BCUT2D eigenvalue weighted by atomic mass is 9.75. The highest BCUT2D eigenvalue weighted by Crippen LogP contribution is 2.45. The largest absolute Gasteiger partial charge is 0.366 e. The van der Waals surface area contributed by atoms with Gasteiger partial charge < -0.3 is 10.2 Å². The van der Waals surface area contributed by atoms with Crippen LogP contribution >= 0.6 is 0 Å². The Morgan fingerprint density at radius 3 is 2.75 bits per heavy atom. The lowest BCUT2D eigenvalue weighted by molar-refractivity contribution is 0.214. The zero-order valence-electron chi connectivity index (χ0n) is 17.0. The van der Waals surface area contributed by atoms with Crippen molar-refractivity contribution in [1.82, 2.24) is 5.32 Å². The molecule has 5 rings (SSSR count). The predicted octanol–water partition coefficient (Wildman–Crippen LogP) is 6.79. The number of rotatable bonds is 5. The topological polar surface area (TPSA) is 15.3 Å². The minimum absolute atomic E-state index is 0.243. The van der Waals surface area contributed by atoms with Gasteiger partial charge in [0.05, 0.1) is 5.69 Å². The molecule has 1 saturated carbocycles. The van der Waals surface area contributed by atoms with Gasteiger partial charge in [-0.3, -0.25) is 0 Å². The average molecular weight is 373 g/mol. The minimum Gasteiger partial charge on any atom is -0.366 e. The summed E-state index contributed by atoms with van der Waals surface area (Å²) >= 11 is 0. The van der Waals surface area contributed by atoms with E-state index in [1.807, 2.05) is 0 Å². The number of hydrogen-bond donors (Lipinski definition) is 1. The molecule has 1 aliphatic carbocycles. The van der Waals surface area contributed by atoms with Gasteiger partial charge in [0.25, 0.3) is 0 Å². The van der Waals surface area contributed by atoms with Crippen LogP contribution in [0.15, 0.2) is 54.9 Å². The van der Waals surface area contributed by atoms with Gasteiger partial charge in [-0.1, -0.05) is 75.4 Å². The highest BCUT2D eigenvalue weighted by atomic mass is 15.3. The number of nitrogens with zero attached hydrogens (tertiary/aromatic N) is 1. The molecule has 0 saturated heterocycles. The second-order valence-electron chi connectivity index (χ2n) is 8.84. The number of nitrogens with one attached hydrogen (secondary N) is 1. The molecule has 2 aromatic rings. The van der Waals surface area contributed by atoms with E-state index < -0.39 is 0 Å². The van der Waals surface area contributed by atoms with Gasteiger partial charge in [-0.2, -0.15) is 0 Å². The van der Waals surface area contributed by atoms with E-state index in [0.717, 1.165) is 11.8 Å². The standard InChI is InChI=1S/C26H32N2/c1-2-20-9-3-4-10-21(20)11-7-8-19-14-15-22-23-12-5-6-13-25(23)28-17-16-27-26(28)24(22)18-19/h5-6,12-18,20-21,26-27H,2-4,7-11H2,1H3. The Morgan fingerprint density at radius 2 is 1.86 bits per heavy atom. The molecule has 146 valence electrons. The van der Waals surface area contributed by atoms with Crippen LogP contribution in [0.2, 0.25) is 0 Å². The lowest BCUT2D eigenvalue weighted by Crippen LogP contribution is -2.30. The van der Waals surface area contributed by atoms with Gasteiger partial charge in [-0.15, -0.1) is 0 Å². The van der Waals surface area contributed by atoms with Gasteiger partial charge in [0, 0.05) is 23.5 Å². The number of anilines is 1. The summed E-state index contributed by atoms with van der Waals surface area (Å²) in [5.74, 6) is 1.95. The van der Waals surface area contributed by atoms with Crippen molar-refractivity contribution in [3.8, 4) is 11.1 Å². The molecule has 1 N–H and O–H groups in total. The van der Waals surface area contributed by atoms with E-state index in [0.29, 0.717) is 0 Å². The summed E-state index contributed by atoms with van der Waals surface area (Å²) in [5.41, 5.74) is 6.95. The molecule has 2 heterocycles. The normalized spacial score (nSPS) is 25.0. The first-order chi connectivity index (χ1) is 13.8. The summed E-state index contributed by atoms with van der Waals surface area (Å²) in [5, 5.41) is 3.55. The van der Waals surface area contributed by atoms with Crippen LogP contribution in [-0.4, -0.2) is 0 Å². The Labute approximate surface area is 169 Å². The smallest absolute Gasteiger partial charge is 0.130 e. The van der Waals surface area contributed by atoms with Crippen molar-refractivity contribution < 1.29 is 0 Å². The molecule has 0 bridgehead atoms. The molecule has 0 aromatic heterocycles. The molecule has 0 radical (unpaired) electrons. The van der Waals surface area contributed by atoms with Gasteiger partial charge in [0.1, 0.15) is 6.17 Å². The molecule has 3 unspecified atom stereocenters. The van der Waals surface area contributed by atoms with Crippen LogP contribution < -0.4 is 10.2 Å². The first-order valence-electron chi connectivity index (χ1n) is 11.3. The van der Waals surface area contributed by atoms with E-state index in [2.05, 4.69) is 72.0 Å². The quantitative estimate of drug-likeness (QED) is 0.622. The second kappa shape index (κ2) is 7.66. The monoisotopic (exact) mass is 372 g/mol. The van der Waals surface area contributed by atoms with Crippen LogP contribution in [0.25, 0.3) is 11.1 Å². The fourth-order valence-corrected chi connectivity index (χ4v) is 5.78.